The third-order valence-corrected chi connectivity index (χ3v) is 6.03. The molecule has 2 atom stereocenters. The van der Waals surface area contributed by atoms with E-state index in [1.807, 2.05) is 18.2 Å². The zero-order valence-corrected chi connectivity index (χ0v) is 14.9. The van der Waals surface area contributed by atoms with Crippen LogP contribution in [0.1, 0.15) is 45.0 Å². The third kappa shape index (κ3) is 2.60. The van der Waals surface area contributed by atoms with Crippen LogP contribution in [0.4, 0.5) is 0 Å². The number of phenols is 1. The number of carbonyl (C=O) groups excluding carboxylic acids is 1. The molecule has 4 rings (SSSR count). The Morgan fingerprint density at radius 1 is 1.28 bits per heavy atom. The summed E-state index contributed by atoms with van der Waals surface area (Å²) in [5.74, 6) is -0.160. The average molecular weight is 357 g/mol. The molecule has 0 aromatic heterocycles. The van der Waals surface area contributed by atoms with E-state index in [9.17, 15) is 9.90 Å². The predicted octanol–water partition coefficient (Wildman–Crippen LogP) is 3.08. The molecule has 0 spiro atoms. The number of aromatic hydroxyl groups is 1. The van der Waals surface area contributed by atoms with E-state index >= 15 is 0 Å². The second-order valence-electron chi connectivity index (χ2n) is 7.05. The first-order chi connectivity index (χ1) is 12.0. The highest BCUT2D eigenvalue weighted by Crippen LogP contribution is 2.45. The van der Waals surface area contributed by atoms with Crippen LogP contribution in [-0.2, 0) is 12.8 Å². The van der Waals surface area contributed by atoms with Crippen LogP contribution in [0.5, 0.6) is 5.75 Å². The van der Waals surface area contributed by atoms with Crippen LogP contribution in [0.15, 0.2) is 30.3 Å². The van der Waals surface area contributed by atoms with Gasteiger partial charge in [-0.3, -0.25) is 4.79 Å². The quantitative estimate of drug-likeness (QED) is 0.825. The molecule has 0 saturated carbocycles. The number of carbonyl (C=O) groups is 1. The molecule has 2 aromatic rings. The second kappa shape index (κ2) is 6.04. The van der Waals surface area contributed by atoms with Gasteiger partial charge in [-0.1, -0.05) is 23.7 Å². The summed E-state index contributed by atoms with van der Waals surface area (Å²) in [4.78, 5) is 14.2. The predicted molar refractivity (Wildman–Crippen MR) is 98.4 cm³/mol. The fourth-order valence-electron chi connectivity index (χ4n) is 4.51. The molecule has 3 N–H and O–H groups in total. The number of primary amides is 1. The van der Waals surface area contributed by atoms with Crippen molar-refractivity contribution in [2.24, 2.45) is 5.73 Å². The fraction of sp³-hybridized carbons (Fsp3) is 0.350. The molecule has 2 aromatic carbocycles. The third-order valence-electron chi connectivity index (χ3n) is 5.73. The molecule has 0 bridgehead atoms. The van der Waals surface area contributed by atoms with Crippen molar-refractivity contribution in [2.45, 2.75) is 31.2 Å². The largest absolute Gasteiger partial charge is 0.506 e. The molecule has 25 heavy (non-hydrogen) atoms. The zero-order valence-electron chi connectivity index (χ0n) is 14.1. The number of nitrogens with two attached hydrogens (primary N) is 1. The molecule has 1 aliphatic carbocycles. The van der Waals surface area contributed by atoms with Crippen LogP contribution in [0, 0.1) is 0 Å². The first kappa shape index (κ1) is 16.4. The SMILES string of the molecule is CN1CCc2cc(Cl)c(O)cc2[C@H]2c3cccc(C(N)=O)c3CC[C@@H]21. The Morgan fingerprint density at radius 2 is 2.08 bits per heavy atom. The Kier molecular flexibility index (Phi) is 3.97. The second-order valence-corrected chi connectivity index (χ2v) is 7.46. The number of benzene rings is 2. The van der Waals surface area contributed by atoms with Gasteiger partial charge in [-0.15, -0.1) is 0 Å². The molecule has 5 heteroatoms. The molecule has 1 aliphatic heterocycles. The fourth-order valence-corrected chi connectivity index (χ4v) is 4.70. The number of hydrogen-bond acceptors (Lipinski definition) is 3. The van der Waals surface area contributed by atoms with Gasteiger partial charge in [0.2, 0.25) is 5.91 Å². The normalized spacial score (nSPS) is 22.5. The first-order valence-electron chi connectivity index (χ1n) is 8.60. The average Bonchev–Trinajstić information content (AvgIpc) is 2.72. The van der Waals surface area contributed by atoms with Crippen LogP contribution >= 0.6 is 11.6 Å². The van der Waals surface area contributed by atoms with Gasteiger partial charge in [-0.2, -0.15) is 0 Å². The summed E-state index contributed by atoms with van der Waals surface area (Å²) in [5, 5.41) is 10.6. The van der Waals surface area contributed by atoms with Crippen LogP contribution in [0.25, 0.3) is 0 Å². The van der Waals surface area contributed by atoms with E-state index in [0.717, 1.165) is 42.5 Å². The Labute approximate surface area is 152 Å². The van der Waals surface area contributed by atoms with Gasteiger partial charge in [0.05, 0.1) is 5.02 Å². The maximum Gasteiger partial charge on any atom is 0.248 e. The number of rotatable bonds is 1. The van der Waals surface area contributed by atoms with E-state index in [0.29, 0.717) is 16.6 Å². The first-order valence-corrected chi connectivity index (χ1v) is 8.98. The molecule has 4 nitrogen and oxygen atoms in total. The standard InChI is InChI=1S/C20H21ClN2O2/c1-23-8-7-11-9-16(21)18(24)10-15(11)19-13-3-2-4-14(20(22)25)12(13)5-6-17(19)23/h2-4,9-10,17,19,24H,5-8H2,1H3,(H2,22,25)/t17-,19+/m0/s1. The van der Waals surface area contributed by atoms with E-state index in [1.165, 1.54) is 5.56 Å². The molecule has 0 saturated heterocycles. The van der Waals surface area contributed by atoms with Gasteiger partial charge in [0, 0.05) is 24.1 Å². The summed E-state index contributed by atoms with van der Waals surface area (Å²) < 4.78 is 0. The van der Waals surface area contributed by atoms with Crippen LogP contribution in [0.2, 0.25) is 5.02 Å². The molecule has 130 valence electrons. The van der Waals surface area contributed by atoms with Crippen molar-refractivity contribution in [3.63, 3.8) is 0 Å². The van der Waals surface area contributed by atoms with Gasteiger partial charge < -0.3 is 15.7 Å². The minimum absolute atomic E-state index is 0.105. The van der Waals surface area contributed by atoms with Gasteiger partial charge in [-0.05, 0) is 66.8 Å². The Balaban J connectivity index is 1.96. The molecule has 1 heterocycles. The van der Waals surface area contributed by atoms with Gasteiger partial charge in [-0.25, -0.2) is 0 Å². The Bertz CT molecular complexity index is 865. The summed E-state index contributed by atoms with van der Waals surface area (Å²) >= 11 is 6.15. The smallest absolute Gasteiger partial charge is 0.248 e. The van der Waals surface area contributed by atoms with Gasteiger partial charge in [0.15, 0.2) is 0 Å². The summed E-state index contributed by atoms with van der Waals surface area (Å²) in [5.41, 5.74) is 10.7. The van der Waals surface area contributed by atoms with E-state index in [2.05, 4.69) is 18.0 Å². The summed E-state index contributed by atoms with van der Waals surface area (Å²) in [6.07, 6.45) is 2.69. The highest BCUT2D eigenvalue weighted by atomic mass is 35.5. The summed E-state index contributed by atoms with van der Waals surface area (Å²) in [7, 11) is 2.15. The lowest BCUT2D eigenvalue weighted by Crippen LogP contribution is -2.40. The molecular weight excluding hydrogens is 336 g/mol. The Hall–Kier alpha value is -2.04. The van der Waals surface area contributed by atoms with Crippen LogP contribution in [-0.4, -0.2) is 35.5 Å². The lowest BCUT2D eigenvalue weighted by Gasteiger charge is -2.38. The van der Waals surface area contributed by atoms with Crippen molar-refractivity contribution >= 4 is 17.5 Å². The molecule has 0 fully saturated rings. The lowest BCUT2D eigenvalue weighted by molar-refractivity contribution is 0.0998. The van der Waals surface area contributed by atoms with Gasteiger partial charge in [0.25, 0.3) is 0 Å². The van der Waals surface area contributed by atoms with Crippen LogP contribution < -0.4 is 5.73 Å². The minimum atomic E-state index is -0.378. The topological polar surface area (TPSA) is 66.6 Å². The number of fused-ring (bicyclic) bond motifs is 5. The highest BCUT2D eigenvalue weighted by molar-refractivity contribution is 6.32. The van der Waals surface area contributed by atoms with E-state index in [1.54, 1.807) is 6.07 Å². The van der Waals surface area contributed by atoms with E-state index in [4.69, 9.17) is 17.3 Å². The van der Waals surface area contributed by atoms with Crippen molar-refractivity contribution in [1.82, 2.24) is 4.90 Å². The molecule has 1 amide bonds. The van der Waals surface area contributed by atoms with E-state index < -0.39 is 0 Å². The van der Waals surface area contributed by atoms with Crippen molar-refractivity contribution in [3.8, 4) is 5.75 Å². The van der Waals surface area contributed by atoms with Crippen molar-refractivity contribution in [2.75, 3.05) is 13.6 Å². The maximum absolute atomic E-state index is 11.9. The monoisotopic (exact) mass is 356 g/mol. The number of hydrogen-bond donors (Lipinski definition) is 2. The van der Waals surface area contributed by atoms with E-state index in [-0.39, 0.29) is 17.6 Å². The number of halogens is 1. The van der Waals surface area contributed by atoms with Crippen LogP contribution in [0.3, 0.4) is 0 Å². The molecule has 2 aliphatic rings. The number of likely N-dealkylation sites (N-methyl/N-ethyl adjacent to an activating group) is 1. The molecule has 0 unspecified atom stereocenters. The lowest BCUT2D eigenvalue weighted by atomic mass is 9.73. The number of phenolic OH excluding ortho intramolecular Hbond substituents is 1. The maximum atomic E-state index is 11.9. The highest BCUT2D eigenvalue weighted by Gasteiger charge is 2.37. The number of nitrogens with zero attached hydrogens (tertiary/aromatic N) is 1. The molecule has 0 radical (unpaired) electrons. The Morgan fingerprint density at radius 3 is 2.84 bits per heavy atom. The van der Waals surface area contributed by atoms with Crippen molar-refractivity contribution < 1.29 is 9.90 Å². The van der Waals surface area contributed by atoms with Crippen molar-refractivity contribution in [1.29, 1.82) is 0 Å². The minimum Gasteiger partial charge on any atom is -0.506 e. The van der Waals surface area contributed by atoms with Crippen molar-refractivity contribution in [3.05, 3.63) is 63.2 Å². The van der Waals surface area contributed by atoms with Gasteiger partial charge >= 0.3 is 0 Å². The zero-order chi connectivity index (χ0) is 17.7. The van der Waals surface area contributed by atoms with Gasteiger partial charge in [0.1, 0.15) is 5.75 Å². The number of amides is 1. The molecular formula is C20H21ClN2O2. The summed E-state index contributed by atoms with van der Waals surface area (Å²) in [6.45, 7) is 0.945. The summed E-state index contributed by atoms with van der Waals surface area (Å²) in [6, 6.07) is 9.82.